The lowest BCUT2D eigenvalue weighted by Gasteiger charge is -2.34. The molecule has 0 N–H and O–H groups in total. The number of rotatable bonds is 3. The lowest BCUT2D eigenvalue weighted by Crippen LogP contribution is -2.42. The van der Waals surface area contributed by atoms with Crippen molar-refractivity contribution in [1.82, 2.24) is 4.31 Å². The second-order valence-electron chi connectivity index (χ2n) is 5.56. The first-order valence-electron chi connectivity index (χ1n) is 6.68. The van der Waals surface area contributed by atoms with Crippen molar-refractivity contribution in [2.24, 2.45) is 11.8 Å². The van der Waals surface area contributed by atoms with Crippen LogP contribution in [0, 0.1) is 15.4 Å². The zero-order valence-electron chi connectivity index (χ0n) is 12.0. The average molecular weight is 409 g/mol. The van der Waals surface area contributed by atoms with E-state index in [4.69, 9.17) is 4.74 Å². The average Bonchev–Trinajstić information content (AvgIpc) is 2.37. The van der Waals surface area contributed by atoms with Crippen LogP contribution in [0.25, 0.3) is 0 Å². The molecule has 1 fully saturated rings. The van der Waals surface area contributed by atoms with Gasteiger partial charge in [-0.3, -0.25) is 0 Å². The van der Waals surface area contributed by atoms with Crippen molar-refractivity contribution in [1.29, 1.82) is 0 Å². The lowest BCUT2D eigenvalue weighted by molar-refractivity contribution is 0.222. The van der Waals surface area contributed by atoms with E-state index < -0.39 is 10.0 Å². The van der Waals surface area contributed by atoms with E-state index in [2.05, 4.69) is 36.4 Å². The van der Waals surface area contributed by atoms with Crippen LogP contribution in [-0.2, 0) is 10.0 Å². The molecule has 0 aliphatic carbocycles. The van der Waals surface area contributed by atoms with Crippen molar-refractivity contribution >= 4 is 32.6 Å². The van der Waals surface area contributed by atoms with E-state index in [9.17, 15) is 8.42 Å². The van der Waals surface area contributed by atoms with Crippen molar-refractivity contribution in [2.45, 2.75) is 25.2 Å². The smallest absolute Gasteiger partial charge is 0.243 e. The molecule has 0 aromatic heterocycles. The molecule has 0 spiro atoms. The van der Waals surface area contributed by atoms with Gasteiger partial charge in [-0.1, -0.05) is 13.8 Å². The van der Waals surface area contributed by atoms with Gasteiger partial charge in [0.05, 0.1) is 15.6 Å². The zero-order chi connectivity index (χ0) is 14.9. The summed E-state index contributed by atoms with van der Waals surface area (Å²) >= 11 is 2.13. The van der Waals surface area contributed by atoms with Gasteiger partial charge in [-0.25, -0.2) is 8.42 Å². The van der Waals surface area contributed by atoms with Gasteiger partial charge in [0, 0.05) is 19.2 Å². The molecule has 2 rings (SSSR count). The van der Waals surface area contributed by atoms with Crippen molar-refractivity contribution in [3.05, 3.63) is 21.8 Å². The summed E-state index contributed by atoms with van der Waals surface area (Å²) in [5, 5.41) is 0. The van der Waals surface area contributed by atoms with Gasteiger partial charge in [-0.2, -0.15) is 4.31 Å². The highest BCUT2D eigenvalue weighted by Crippen LogP contribution is 2.29. The summed E-state index contributed by atoms with van der Waals surface area (Å²) in [6, 6.07) is 5.05. The van der Waals surface area contributed by atoms with Gasteiger partial charge < -0.3 is 4.74 Å². The van der Waals surface area contributed by atoms with Crippen molar-refractivity contribution in [3.63, 3.8) is 0 Å². The number of halogens is 1. The number of benzene rings is 1. The van der Waals surface area contributed by atoms with Crippen molar-refractivity contribution in [3.8, 4) is 5.75 Å². The minimum atomic E-state index is -3.43. The Balaban J connectivity index is 2.34. The van der Waals surface area contributed by atoms with Crippen LogP contribution in [0.15, 0.2) is 23.1 Å². The number of sulfonamides is 1. The summed E-state index contributed by atoms with van der Waals surface area (Å²) in [6.07, 6.45) is 1.09. The molecule has 6 heteroatoms. The molecular formula is C14H20INO3S. The third kappa shape index (κ3) is 3.28. The molecule has 1 aliphatic heterocycles. The van der Waals surface area contributed by atoms with Gasteiger partial charge in [0.2, 0.25) is 10.0 Å². The third-order valence-electron chi connectivity index (χ3n) is 3.60. The second kappa shape index (κ2) is 6.19. The van der Waals surface area contributed by atoms with Crippen LogP contribution in [-0.4, -0.2) is 32.9 Å². The number of ether oxygens (including phenoxy) is 1. The molecule has 1 aromatic rings. The Morgan fingerprint density at radius 1 is 1.25 bits per heavy atom. The molecule has 112 valence electrons. The topological polar surface area (TPSA) is 46.6 Å². The minimum absolute atomic E-state index is 0.316. The fourth-order valence-electron chi connectivity index (χ4n) is 2.75. The van der Waals surface area contributed by atoms with Gasteiger partial charge in [0.15, 0.2) is 0 Å². The van der Waals surface area contributed by atoms with Crippen LogP contribution in [0.3, 0.4) is 0 Å². The van der Waals surface area contributed by atoms with Crippen LogP contribution in [0.1, 0.15) is 20.3 Å². The van der Waals surface area contributed by atoms with E-state index in [0.717, 1.165) is 9.99 Å². The molecule has 1 saturated heterocycles. The van der Waals surface area contributed by atoms with E-state index in [1.54, 1.807) is 29.6 Å². The summed E-state index contributed by atoms with van der Waals surface area (Å²) in [4.78, 5) is 0.316. The first kappa shape index (κ1) is 16.0. The van der Waals surface area contributed by atoms with Crippen molar-refractivity contribution < 1.29 is 13.2 Å². The summed E-state index contributed by atoms with van der Waals surface area (Å²) < 4.78 is 33.2. The Bertz CT molecular complexity index is 578. The van der Waals surface area contributed by atoms with Gasteiger partial charge >= 0.3 is 0 Å². The summed E-state index contributed by atoms with van der Waals surface area (Å²) in [6.45, 7) is 5.40. The molecule has 0 saturated carbocycles. The van der Waals surface area contributed by atoms with Crippen LogP contribution >= 0.6 is 22.6 Å². The number of methoxy groups -OCH3 is 1. The highest BCUT2D eigenvalue weighted by molar-refractivity contribution is 14.1. The molecule has 0 bridgehead atoms. The van der Waals surface area contributed by atoms with Crippen molar-refractivity contribution in [2.75, 3.05) is 20.2 Å². The standard InChI is InChI=1S/C14H20INO3S/c1-10-6-11(2)9-16(8-10)20(17,18)12-4-5-13(15)14(7-12)19-3/h4-5,7,10-11H,6,8-9H2,1-3H3/t10-,11+. The monoisotopic (exact) mass is 409 g/mol. The fourth-order valence-corrected chi connectivity index (χ4v) is 5.00. The first-order valence-corrected chi connectivity index (χ1v) is 9.20. The van der Waals surface area contributed by atoms with E-state index >= 15 is 0 Å². The van der Waals surface area contributed by atoms with E-state index in [1.807, 2.05) is 0 Å². The van der Waals surface area contributed by atoms with Gasteiger partial charge in [-0.05, 0) is 53.0 Å². The molecule has 0 radical (unpaired) electrons. The number of hydrogen-bond donors (Lipinski definition) is 0. The van der Waals surface area contributed by atoms with Crippen LogP contribution in [0.4, 0.5) is 0 Å². The Hall–Kier alpha value is -0.340. The minimum Gasteiger partial charge on any atom is -0.496 e. The molecule has 1 aliphatic rings. The maximum atomic E-state index is 12.7. The molecule has 1 heterocycles. The molecule has 2 atom stereocenters. The number of nitrogens with zero attached hydrogens (tertiary/aromatic N) is 1. The zero-order valence-corrected chi connectivity index (χ0v) is 14.9. The number of hydrogen-bond acceptors (Lipinski definition) is 3. The summed E-state index contributed by atoms with van der Waals surface area (Å²) in [7, 11) is -1.87. The molecular weight excluding hydrogens is 389 g/mol. The molecule has 0 unspecified atom stereocenters. The Morgan fingerprint density at radius 3 is 2.40 bits per heavy atom. The maximum Gasteiger partial charge on any atom is 0.243 e. The quantitative estimate of drug-likeness (QED) is 0.722. The van der Waals surface area contributed by atoms with Crippen LogP contribution < -0.4 is 4.74 Å². The fraction of sp³-hybridized carbons (Fsp3) is 0.571. The van der Waals surface area contributed by atoms with Gasteiger partial charge in [0.25, 0.3) is 0 Å². The largest absolute Gasteiger partial charge is 0.496 e. The summed E-state index contributed by atoms with van der Waals surface area (Å²) in [5.41, 5.74) is 0. The second-order valence-corrected chi connectivity index (χ2v) is 8.66. The van der Waals surface area contributed by atoms with E-state index in [0.29, 0.717) is 35.6 Å². The third-order valence-corrected chi connectivity index (χ3v) is 6.31. The SMILES string of the molecule is COc1cc(S(=O)(=O)N2C[C@H](C)C[C@H](C)C2)ccc1I. The molecule has 20 heavy (non-hydrogen) atoms. The molecule has 1 aromatic carbocycles. The van der Waals surface area contributed by atoms with Crippen LogP contribution in [0.2, 0.25) is 0 Å². The lowest BCUT2D eigenvalue weighted by atomic mass is 9.94. The predicted molar refractivity (Wildman–Crippen MR) is 87.4 cm³/mol. The summed E-state index contributed by atoms with van der Waals surface area (Å²) in [5.74, 6) is 1.41. The predicted octanol–water partition coefficient (Wildman–Crippen LogP) is 2.97. The van der Waals surface area contributed by atoms with E-state index in [1.165, 1.54) is 0 Å². The molecule has 4 nitrogen and oxygen atoms in total. The van der Waals surface area contributed by atoms with Gasteiger partial charge in [0.1, 0.15) is 5.75 Å². The number of piperidine rings is 1. The molecule has 0 amide bonds. The maximum absolute atomic E-state index is 12.7. The first-order chi connectivity index (χ1) is 9.34. The Kier molecular flexibility index (Phi) is 4.96. The Morgan fingerprint density at radius 2 is 1.85 bits per heavy atom. The highest BCUT2D eigenvalue weighted by atomic mass is 127. The Labute approximate surface area is 134 Å². The normalized spacial score (nSPS) is 24.6. The van der Waals surface area contributed by atoms with Gasteiger partial charge in [-0.15, -0.1) is 0 Å². The van der Waals surface area contributed by atoms with E-state index in [-0.39, 0.29) is 0 Å². The van der Waals surface area contributed by atoms with Crippen LogP contribution in [0.5, 0.6) is 5.75 Å². The highest BCUT2D eigenvalue weighted by Gasteiger charge is 2.31.